The van der Waals surface area contributed by atoms with Crippen LogP contribution in [0, 0.1) is 6.92 Å². The Labute approximate surface area is 116 Å². The lowest BCUT2D eigenvalue weighted by Gasteiger charge is -2.23. The molecule has 0 bridgehead atoms. The van der Waals surface area contributed by atoms with E-state index < -0.39 is 0 Å². The topological polar surface area (TPSA) is 33.2 Å². The summed E-state index contributed by atoms with van der Waals surface area (Å²) in [6.45, 7) is 2.77. The van der Waals surface area contributed by atoms with Crippen molar-refractivity contribution in [1.29, 1.82) is 0 Å². The van der Waals surface area contributed by atoms with Crippen molar-refractivity contribution in [2.75, 3.05) is 6.54 Å². The van der Waals surface area contributed by atoms with E-state index in [4.69, 9.17) is 0 Å². The maximum Gasteiger partial charge on any atom is 0.255 e. The van der Waals surface area contributed by atoms with E-state index in [9.17, 15) is 4.79 Å². The Morgan fingerprint density at radius 1 is 1.42 bits per heavy atom. The molecule has 19 heavy (non-hydrogen) atoms. The van der Waals surface area contributed by atoms with E-state index in [0.717, 1.165) is 25.1 Å². The third kappa shape index (κ3) is 2.40. The van der Waals surface area contributed by atoms with Gasteiger partial charge in [-0.1, -0.05) is 6.07 Å². The number of hydrogen-bond donors (Lipinski definition) is 0. The van der Waals surface area contributed by atoms with Gasteiger partial charge in [-0.3, -0.25) is 9.78 Å². The Bertz CT molecular complexity index is 562. The number of hydrogen-bond acceptors (Lipinski definition) is 3. The largest absolute Gasteiger partial charge is 0.331 e. The van der Waals surface area contributed by atoms with Gasteiger partial charge in [0.2, 0.25) is 0 Å². The minimum Gasteiger partial charge on any atom is -0.331 e. The third-order valence-corrected chi connectivity index (χ3v) is 4.52. The standard InChI is InChI=1S/C15H16N2OS/c1-11-6-7-12(10-16-11)15(18)17-8-2-4-13(17)14-5-3-9-19-14/h3,5-7,9-10,13H,2,4,8H2,1H3/t13-/m0/s1. The molecule has 3 nitrogen and oxygen atoms in total. The lowest BCUT2D eigenvalue weighted by atomic mass is 10.1. The van der Waals surface area contributed by atoms with Gasteiger partial charge in [-0.25, -0.2) is 0 Å². The molecule has 3 rings (SSSR count). The number of rotatable bonds is 2. The van der Waals surface area contributed by atoms with Crippen LogP contribution in [0.25, 0.3) is 0 Å². The highest BCUT2D eigenvalue weighted by Gasteiger charge is 2.31. The zero-order valence-corrected chi connectivity index (χ0v) is 11.7. The number of amides is 1. The Morgan fingerprint density at radius 2 is 2.32 bits per heavy atom. The van der Waals surface area contributed by atoms with E-state index in [2.05, 4.69) is 22.5 Å². The van der Waals surface area contributed by atoms with Crippen molar-refractivity contribution < 1.29 is 4.79 Å². The quantitative estimate of drug-likeness (QED) is 0.839. The van der Waals surface area contributed by atoms with Crippen molar-refractivity contribution in [2.24, 2.45) is 0 Å². The molecule has 1 atom stereocenters. The van der Waals surface area contributed by atoms with Gasteiger partial charge < -0.3 is 4.90 Å². The summed E-state index contributed by atoms with van der Waals surface area (Å²) in [4.78, 5) is 20.0. The predicted octanol–water partition coefficient (Wildman–Crippen LogP) is 3.43. The van der Waals surface area contributed by atoms with E-state index in [1.807, 2.05) is 24.0 Å². The monoisotopic (exact) mass is 272 g/mol. The predicted molar refractivity (Wildman–Crippen MR) is 76.3 cm³/mol. The van der Waals surface area contributed by atoms with Crippen LogP contribution in [0.4, 0.5) is 0 Å². The van der Waals surface area contributed by atoms with Crippen LogP contribution in [0.15, 0.2) is 35.8 Å². The van der Waals surface area contributed by atoms with Crippen LogP contribution >= 0.6 is 11.3 Å². The highest BCUT2D eigenvalue weighted by atomic mass is 32.1. The molecule has 1 saturated heterocycles. The van der Waals surface area contributed by atoms with Gasteiger partial charge in [-0.2, -0.15) is 0 Å². The molecular formula is C15H16N2OS. The highest BCUT2D eigenvalue weighted by Crippen LogP contribution is 2.35. The zero-order chi connectivity index (χ0) is 13.2. The normalized spacial score (nSPS) is 18.8. The lowest BCUT2D eigenvalue weighted by molar-refractivity contribution is 0.0737. The number of carbonyl (C=O) groups excluding carboxylic acids is 1. The van der Waals surface area contributed by atoms with E-state index in [1.165, 1.54) is 4.88 Å². The Kier molecular flexibility index (Phi) is 3.34. The van der Waals surface area contributed by atoms with Gasteiger partial charge in [-0.05, 0) is 43.3 Å². The first-order valence-electron chi connectivity index (χ1n) is 6.53. The van der Waals surface area contributed by atoms with Gasteiger partial charge in [0.15, 0.2) is 0 Å². The van der Waals surface area contributed by atoms with Crippen molar-refractivity contribution in [3.05, 3.63) is 52.0 Å². The van der Waals surface area contributed by atoms with Gasteiger partial charge in [0, 0.05) is 23.3 Å². The second-order valence-electron chi connectivity index (χ2n) is 4.86. The van der Waals surface area contributed by atoms with Crippen molar-refractivity contribution >= 4 is 17.2 Å². The third-order valence-electron chi connectivity index (χ3n) is 3.54. The van der Waals surface area contributed by atoms with Crippen molar-refractivity contribution in [3.8, 4) is 0 Å². The molecule has 3 heterocycles. The molecule has 1 fully saturated rings. The molecule has 4 heteroatoms. The molecule has 0 aliphatic carbocycles. The average Bonchev–Trinajstić information content (AvgIpc) is 3.09. The number of thiophene rings is 1. The summed E-state index contributed by atoms with van der Waals surface area (Å²) in [5.41, 5.74) is 1.63. The first kappa shape index (κ1) is 12.4. The van der Waals surface area contributed by atoms with E-state index >= 15 is 0 Å². The maximum atomic E-state index is 12.6. The van der Waals surface area contributed by atoms with Gasteiger partial charge in [0.05, 0.1) is 11.6 Å². The number of nitrogens with zero attached hydrogens (tertiary/aromatic N) is 2. The Hall–Kier alpha value is -1.68. The molecular weight excluding hydrogens is 256 g/mol. The van der Waals surface area contributed by atoms with Crippen LogP contribution in [0.1, 0.15) is 39.8 Å². The number of carbonyl (C=O) groups is 1. The van der Waals surface area contributed by atoms with Crippen LogP contribution in [0.2, 0.25) is 0 Å². The molecule has 2 aromatic heterocycles. The number of aromatic nitrogens is 1. The average molecular weight is 272 g/mol. The summed E-state index contributed by atoms with van der Waals surface area (Å²) >= 11 is 1.73. The molecule has 1 aliphatic heterocycles. The number of likely N-dealkylation sites (tertiary alicyclic amines) is 1. The first-order valence-corrected chi connectivity index (χ1v) is 7.41. The van der Waals surface area contributed by atoms with Crippen molar-refractivity contribution in [2.45, 2.75) is 25.8 Å². The smallest absolute Gasteiger partial charge is 0.255 e. The second-order valence-corrected chi connectivity index (χ2v) is 5.84. The van der Waals surface area contributed by atoms with Crippen LogP contribution in [-0.4, -0.2) is 22.3 Å². The van der Waals surface area contributed by atoms with Crippen LogP contribution in [-0.2, 0) is 0 Å². The fourth-order valence-corrected chi connectivity index (χ4v) is 3.42. The summed E-state index contributed by atoms with van der Waals surface area (Å²) in [6.07, 6.45) is 3.82. The molecule has 1 aliphatic rings. The Balaban J connectivity index is 1.84. The number of pyridine rings is 1. The van der Waals surface area contributed by atoms with Gasteiger partial charge in [-0.15, -0.1) is 11.3 Å². The highest BCUT2D eigenvalue weighted by molar-refractivity contribution is 7.10. The minimum atomic E-state index is 0.100. The summed E-state index contributed by atoms with van der Waals surface area (Å²) in [7, 11) is 0. The van der Waals surface area contributed by atoms with Crippen LogP contribution in [0.3, 0.4) is 0 Å². The van der Waals surface area contributed by atoms with Crippen LogP contribution < -0.4 is 0 Å². The van der Waals surface area contributed by atoms with Gasteiger partial charge in [0.1, 0.15) is 0 Å². The molecule has 0 saturated carbocycles. The summed E-state index contributed by atoms with van der Waals surface area (Å²) < 4.78 is 0. The van der Waals surface area contributed by atoms with Crippen LogP contribution in [0.5, 0.6) is 0 Å². The molecule has 0 aromatic carbocycles. The summed E-state index contributed by atoms with van der Waals surface area (Å²) in [5.74, 6) is 0.100. The fraction of sp³-hybridized carbons (Fsp3) is 0.333. The van der Waals surface area contributed by atoms with Crippen molar-refractivity contribution in [1.82, 2.24) is 9.88 Å². The van der Waals surface area contributed by atoms with Gasteiger partial charge >= 0.3 is 0 Å². The lowest BCUT2D eigenvalue weighted by Crippen LogP contribution is -2.30. The molecule has 0 unspecified atom stereocenters. The molecule has 0 N–H and O–H groups in total. The first-order chi connectivity index (χ1) is 9.25. The fourth-order valence-electron chi connectivity index (χ4n) is 2.55. The van der Waals surface area contributed by atoms with E-state index in [1.54, 1.807) is 17.5 Å². The molecule has 0 radical (unpaired) electrons. The van der Waals surface area contributed by atoms with E-state index in [-0.39, 0.29) is 11.9 Å². The summed E-state index contributed by atoms with van der Waals surface area (Å²) in [6, 6.07) is 8.18. The molecule has 98 valence electrons. The minimum absolute atomic E-state index is 0.100. The maximum absolute atomic E-state index is 12.6. The van der Waals surface area contributed by atoms with Crippen molar-refractivity contribution in [3.63, 3.8) is 0 Å². The Morgan fingerprint density at radius 3 is 3.00 bits per heavy atom. The van der Waals surface area contributed by atoms with E-state index in [0.29, 0.717) is 5.56 Å². The number of aryl methyl sites for hydroxylation is 1. The zero-order valence-electron chi connectivity index (χ0n) is 10.9. The molecule has 1 amide bonds. The summed E-state index contributed by atoms with van der Waals surface area (Å²) in [5, 5.41) is 2.07. The SMILES string of the molecule is Cc1ccc(C(=O)N2CCC[C@H]2c2cccs2)cn1. The second kappa shape index (κ2) is 5.13. The van der Waals surface area contributed by atoms with Gasteiger partial charge in [0.25, 0.3) is 5.91 Å². The molecule has 0 spiro atoms. The molecule has 2 aromatic rings.